The van der Waals surface area contributed by atoms with Gasteiger partial charge >= 0.3 is 5.97 Å². The van der Waals surface area contributed by atoms with Crippen LogP contribution in [0.3, 0.4) is 0 Å². The van der Waals surface area contributed by atoms with Crippen LogP contribution in [0.2, 0.25) is 0 Å². The van der Waals surface area contributed by atoms with Crippen LogP contribution in [0.25, 0.3) is 0 Å². The number of hydrogen-bond acceptors (Lipinski definition) is 4. The van der Waals surface area contributed by atoms with Crippen LogP contribution in [0.1, 0.15) is 85.5 Å². The molecule has 0 heterocycles. The zero-order valence-corrected chi connectivity index (χ0v) is 15.1. The van der Waals surface area contributed by atoms with Crippen LogP contribution in [0.5, 0.6) is 0 Å². The van der Waals surface area contributed by atoms with E-state index in [-0.39, 0.29) is 12.0 Å². The quantitative estimate of drug-likeness (QED) is 0.298. The summed E-state index contributed by atoms with van der Waals surface area (Å²) in [5.41, 5.74) is 0. The number of unbranched alkanes of at least 4 members (excludes halogenated alkanes) is 7. The first-order valence-corrected chi connectivity index (χ1v) is 9.19. The lowest BCUT2D eigenvalue weighted by Crippen LogP contribution is -2.43. The van der Waals surface area contributed by atoms with Crippen molar-refractivity contribution >= 4 is 5.97 Å². The highest BCUT2D eigenvalue weighted by atomic mass is 16.6. The molecule has 0 rings (SSSR count). The molecule has 0 aromatic rings. The maximum Gasteiger partial charge on any atom is 0.325 e. The number of ether oxygens (including phenoxy) is 1. The molecule has 1 N–H and O–H groups in total. The Balaban J connectivity index is 4.05. The zero-order chi connectivity index (χ0) is 16.8. The SMILES string of the molecule is CCCCCCCCCCC(C(=O)OC(C)O)N(CC)CC. The molecule has 2 atom stereocenters. The van der Waals surface area contributed by atoms with E-state index in [0.29, 0.717) is 0 Å². The number of carbonyl (C=O) groups is 1. The van der Waals surface area contributed by atoms with Crippen LogP contribution in [-0.4, -0.2) is 41.4 Å². The summed E-state index contributed by atoms with van der Waals surface area (Å²) in [7, 11) is 0. The van der Waals surface area contributed by atoms with Crippen molar-refractivity contribution in [3.63, 3.8) is 0 Å². The van der Waals surface area contributed by atoms with E-state index in [0.717, 1.165) is 25.9 Å². The maximum atomic E-state index is 12.1. The first-order chi connectivity index (χ1) is 10.6. The molecule has 0 amide bonds. The highest BCUT2D eigenvalue weighted by Crippen LogP contribution is 2.15. The Morgan fingerprint density at radius 2 is 1.45 bits per heavy atom. The van der Waals surface area contributed by atoms with Gasteiger partial charge in [-0.15, -0.1) is 0 Å². The average Bonchev–Trinajstić information content (AvgIpc) is 2.48. The molecule has 0 saturated carbocycles. The summed E-state index contributed by atoms with van der Waals surface area (Å²) in [5.74, 6) is -0.290. The Kier molecular flexibility index (Phi) is 13.6. The Labute approximate surface area is 137 Å². The molecule has 0 bridgehead atoms. The van der Waals surface area contributed by atoms with E-state index < -0.39 is 6.29 Å². The minimum Gasteiger partial charge on any atom is -0.435 e. The van der Waals surface area contributed by atoms with Crippen molar-refractivity contribution in [3.05, 3.63) is 0 Å². The fourth-order valence-electron chi connectivity index (χ4n) is 2.83. The second kappa shape index (κ2) is 14.0. The fourth-order valence-corrected chi connectivity index (χ4v) is 2.83. The standard InChI is InChI=1S/C18H37NO3/c1-5-8-9-10-11-12-13-14-15-17(19(6-2)7-3)18(21)22-16(4)20/h16-17,20H,5-15H2,1-4H3. The minimum atomic E-state index is -1.02. The molecule has 132 valence electrons. The van der Waals surface area contributed by atoms with Crippen LogP contribution in [0.4, 0.5) is 0 Å². The van der Waals surface area contributed by atoms with E-state index in [1.807, 2.05) is 0 Å². The molecule has 2 unspecified atom stereocenters. The van der Waals surface area contributed by atoms with Gasteiger partial charge in [0, 0.05) is 0 Å². The summed E-state index contributed by atoms with van der Waals surface area (Å²) in [6, 6.07) is -0.218. The second-order valence-electron chi connectivity index (χ2n) is 6.04. The van der Waals surface area contributed by atoms with Crippen LogP contribution in [0, 0.1) is 0 Å². The van der Waals surface area contributed by atoms with Gasteiger partial charge in [0.15, 0.2) is 6.29 Å². The van der Waals surface area contributed by atoms with Gasteiger partial charge in [-0.25, -0.2) is 0 Å². The zero-order valence-electron chi connectivity index (χ0n) is 15.1. The van der Waals surface area contributed by atoms with Crippen molar-refractivity contribution in [2.75, 3.05) is 13.1 Å². The van der Waals surface area contributed by atoms with E-state index in [2.05, 4.69) is 25.7 Å². The Morgan fingerprint density at radius 1 is 0.955 bits per heavy atom. The predicted octanol–water partition coefficient (Wildman–Crippen LogP) is 4.11. The number of nitrogens with zero attached hydrogens (tertiary/aromatic N) is 1. The van der Waals surface area contributed by atoms with Gasteiger partial charge in [0.2, 0.25) is 0 Å². The Hall–Kier alpha value is -0.610. The molecular formula is C18H37NO3. The molecule has 0 radical (unpaired) electrons. The highest BCUT2D eigenvalue weighted by molar-refractivity contribution is 5.75. The Bertz CT molecular complexity index is 265. The van der Waals surface area contributed by atoms with E-state index >= 15 is 0 Å². The molecule has 0 aromatic heterocycles. The number of aliphatic hydroxyl groups excluding tert-OH is 1. The highest BCUT2D eigenvalue weighted by Gasteiger charge is 2.25. The van der Waals surface area contributed by atoms with Gasteiger partial charge in [0.1, 0.15) is 6.04 Å². The normalized spacial score (nSPS) is 14.1. The van der Waals surface area contributed by atoms with Crippen molar-refractivity contribution in [1.82, 2.24) is 4.90 Å². The maximum absolute atomic E-state index is 12.1. The summed E-state index contributed by atoms with van der Waals surface area (Å²) in [6.45, 7) is 9.48. The second-order valence-corrected chi connectivity index (χ2v) is 6.04. The third kappa shape index (κ3) is 10.2. The molecule has 22 heavy (non-hydrogen) atoms. The molecule has 0 spiro atoms. The molecule has 0 aliphatic carbocycles. The molecule has 4 heteroatoms. The number of likely N-dealkylation sites (N-methyl/N-ethyl adjacent to an activating group) is 1. The lowest BCUT2D eigenvalue weighted by molar-refractivity contribution is -0.171. The number of carbonyl (C=O) groups excluding carboxylic acids is 1. The van der Waals surface area contributed by atoms with Gasteiger partial charge in [0.05, 0.1) is 0 Å². The van der Waals surface area contributed by atoms with Gasteiger partial charge < -0.3 is 9.84 Å². The number of aliphatic hydroxyl groups is 1. The van der Waals surface area contributed by atoms with Crippen molar-refractivity contribution in [2.24, 2.45) is 0 Å². The largest absolute Gasteiger partial charge is 0.435 e. The van der Waals surface area contributed by atoms with Gasteiger partial charge in [0.25, 0.3) is 0 Å². The van der Waals surface area contributed by atoms with Crippen molar-refractivity contribution in [1.29, 1.82) is 0 Å². The third-order valence-corrected chi connectivity index (χ3v) is 4.14. The summed E-state index contributed by atoms with van der Waals surface area (Å²) >= 11 is 0. The van der Waals surface area contributed by atoms with Crippen LogP contribution in [-0.2, 0) is 9.53 Å². The van der Waals surface area contributed by atoms with Crippen LogP contribution >= 0.6 is 0 Å². The van der Waals surface area contributed by atoms with E-state index in [1.165, 1.54) is 51.9 Å². The van der Waals surface area contributed by atoms with Gasteiger partial charge in [-0.1, -0.05) is 72.1 Å². The van der Waals surface area contributed by atoms with E-state index in [9.17, 15) is 9.90 Å². The average molecular weight is 315 g/mol. The van der Waals surface area contributed by atoms with Gasteiger partial charge in [-0.05, 0) is 26.4 Å². The summed E-state index contributed by atoms with van der Waals surface area (Å²) in [4.78, 5) is 14.2. The lowest BCUT2D eigenvalue weighted by Gasteiger charge is -2.28. The van der Waals surface area contributed by atoms with E-state index in [4.69, 9.17) is 4.74 Å². The van der Waals surface area contributed by atoms with Gasteiger partial charge in [-0.3, -0.25) is 9.69 Å². The molecule has 0 saturated heterocycles. The third-order valence-electron chi connectivity index (χ3n) is 4.14. The summed E-state index contributed by atoms with van der Waals surface area (Å²) < 4.78 is 4.99. The molecule has 0 fully saturated rings. The van der Waals surface area contributed by atoms with Crippen molar-refractivity contribution in [3.8, 4) is 0 Å². The molecular weight excluding hydrogens is 278 g/mol. The van der Waals surface area contributed by atoms with Gasteiger partial charge in [-0.2, -0.15) is 0 Å². The fraction of sp³-hybridized carbons (Fsp3) is 0.944. The van der Waals surface area contributed by atoms with Crippen molar-refractivity contribution < 1.29 is 14.6 Å². The molecule has 0 aromatic carbocycles. The lowest BCUT2D eigenvalue weighted by atomic mass is 10.0. The van der Waals surface area contributed by atoms with E-state index in [1.54, 1.807) is 0 Å². The molecule has 4 nitrogen and oxygen atoms in total. The smallest absolute Gasteiger partial charge is 0.325 e. The first kappa shape index (κ1) is 21.4. The number of hydrogen-bond donors (Lipinski definition) is 1. The first-order valence-electron chi connectivity index (χ1n) is 9.19. The van der Waals surface area contributed by atoms with Crippen LogP contribution in [0.15, 0.2) is 0 Å². The monoisotopic (exact) mass is 315 g/mol. The summed E-state index contributed by atoms with van der Waals surface area (Å²) in [6.07, 6.45) is 9.87. The Morgan fingerprint density at radius 3 is 1.91 bits per heavy atom. The van der Waals surface area contributed by atoms with Crippen molar-refractivity contribution in [2.45, 2.75) is 97.8 Å². The minimum absolute atomic E-state index is 0.218. The number of rotatable bonds is 14. The predicted molar refractivity (Wildman–Crippen MR) is 91.7 cm³/mol. The summed E-state index contributed by atoms with van der Waals surface area (Å²) in [5, 5.41) is 9.25. The molecule has 0 aliphatic rings. The van der Waals surface area contributed by atoms with Crippen LogP contribution < -0.4 is 0 Å². The number of esters is 1. The topological polar surface area (TPSA) is 49.8 Å². The molecule has 0 aliphatic heterocycles.